The zero-order chi connectivity index (χ0) is 16.8. The number of H-pyrrole nitrogens is 1. The lowest BCUT2D eigenvalue weighted by atomic mass is 10.1. The summed E-state index contributed by atoms with van der Waals surface area (Å²) in [6, 6.07) is 7.02. The number of aromatic amines is 1. The highest BCUT2D eigenvalue weighted by molar-refractivity contribution is 7.98. The molecule has 0 radical (unpaired) electrons. The third-order valence-corrected chi connectivity index (χ3v) is 3.58. The van der Waals surface area contributed by atoms with E-state index >= 15 is 0 Å². The molecule has 6 nitrogen and oxygen atoms in total. The number of thioether (sulfide) groups is 1. The number of ether oxygens (including phenoxy) is 2. The van der Waals surface area contributed by atoms with Crippen molar-refractivity contribution in [2.75, 3.05) is 20.0 Å². The number of rotatable bonds is 6. The van der Waals surface area contributed by atoms with Gasteiger partial charge in [0.15, 0.2) is 16.7 Å². The predicted octanol–water partition coefficient (Wildman–Crippen LogP) is 2.60. The van der Waals surface area contributed by atoms with E-state index in [1.165, 1.54) is 18.9 Å². The number of hydrogen-bond donors (Lipinski definition) is 1. The third kappa shape index (κ3) is 3.55. The Morgan fingerprint density at radius 2 is 2.26 bits per heavy atom. The van der Waals surface area contributed by atoms with Crippen LogP contribution in [0.2, 0.25) is 0 Å². The number of methoxy groups -OCH3 is 1. The Hall–Kier alpha value is -2.72. The van der Waals surface area contributed by atoms with Crippen molar-refractivity contribution in [3.8, 4) is 28.8 Å². The van der Waals surface area contributed by atoms with Gasteiger partial charge < -0.3 is 14.5 Å². The number of hydrogen-bond acceptors (Lipinski definition) is 6. The van der Waals surface area contributed by atoms with E-state index in [9.17, 15) is 10.1 Å². The Bertz CT molecular complexity index is 824. The van der Waals surface area contributed by atoms with Crippen LogP contribution in [0.4, 0.5) is 0 Å². The van der Waals surface area contributed by atoms with Gasteiger partial charge in [-0.2, -0.15) is 5.26 Å². The highest BCUT2D eigenvalue weighted by atomic mass is 32.2. The second kappa shape index (κ2) is 7.51. The van der Waals surface area contributed by atoms with Gasteiger partial charge in [0.1, 0.15) is 18.2 Å². The Balaban J connectivity index is 2.58. The number of nitriles is 1. The van der Waals surface area contributed by atoms with Gasteiger partial charge in [-0.3, -0.25) is 4.79 Å². The summed E-state index contributed by atoms with van der Waals surface area (Å²) in [7, 11) is 1.52. The molecular formula is C16H15N3O3S. The fourth-order valence-corrected chi connectivity index (χ4v) is 2.32. The standard InChI is InChI=1S/C16H15N3O3S/c1-4-7-22-12-6-5-10(8-13(12)21-2)14-11(9-17)15(20)19-16(18-14)23-3/h4-6,8H,1,7H2,2-3H3,(H,18,19,20). The molecule has 23 heavy (non-hydrogen) atoms. The molecule has 0 saturated carbocycles. The average Bonchev–Trinajstić information content (AvgIpc) is 2.58. The van der Waals surface area contributed by atoms with Gasteiger partial charge in [0.2, 0.25) is 0 Å². The molecule has 0 unspecified atom stereocenters. The Morgan fingerprint density at radius 1 is 1.48 bits per heavy atom. The SMILES string of the molecule is C=CCOc1ccc(-c2nc(SC)[nH]c(=O)c2C#N)cc1OC. The Kier molecular flexibility index (Phi) is 5.44. The summed E-state index contributed by atoms with van der Waals surface area (Å²) in [4.78, 5) is 18.9. The third-order valence-electron chi connectivity index (χ3n) is 3.00. The van der Waals surface area contributed by atoms with Crippen molar-refractivity contribution in [1.82, 2.24) is 9.97 Å². The van der Waals surface area contributed by atoms with E-state index < -0.39 is 5.56 Å². The molecule has 1 aromatic carbocycles. The molecule has 0 fully saturated rings. The maximum Gasteiger partial charge on any atom is 0.270 e. The monoisotopic (exact) mass is 329 g/mol. The van der Waals surface area contributed by atoms with Crippen LogP contribution in [0.15, 0.2) is 40.8 Å². The summed E-state index contributed by atoms with van der Waals surface area (Å²) >= 11 is 1.29. The summed E-state index contributed by atoms with van der Waals surface area (Å²) < 4.78 is 10.8. The van der Waals surface area contributed by atoms with E-state index in [1.807, 2.05) is 6.07 Å². The van der Waals surface area contributed by atoms with Crippen LogP contribution < -0.4 is 15.0 Å². The van der Waals surface area contributed by atoms with Crippen molar-refractivity contribution < 1.29 is 9.47 Å². The van der Waals surface area contributed by atoms with Crippen molar-refractivity contribution in [2.45, 2.75) is 5.16 Å². The highest BCUT2D eigenvalue weighted by Gasteiger charge is 2.15. The maximum absolute atomic E-state index is 12.0. The second-order valence-electron chi connectivity index (χ2n) is 4.38. The fraction of sp³-hybridized carbons (Fsp3) is 0.188. The molecule has 0 aliphatic rings. The van der Waals surface area contributed by atoms with Crippen molar-refractivity contribution in [3.05, 3.63) is 46.8 Å². The lowest BCUT2D eigenvalue weighted by molar-refractivity contribution is 0.326. The molecule has 1 heterocycles. The molecule has 0 aliphatic carbocycles. The molecule has 2 aromatic rings. The van der Waals surface area contributed by atoms with Gasteiger partial charge in [0.05, 0.1) is 12.8 Å². The molecule has 0 atom stereocenters. The van der Waals surface area contributed by atoms with Crippen molar-refractivity contribution in [1.29, 1.82) is 5.26 Å². The van der Waals surface area contributed by atoms with Crippen LogP contribution in [0, 0.1) is 11.3 Å². The molecule has 118 valence electrons. The van der Waals surface area contributed by atoms with Gasteiger partial charge in [-0.1, -0.05) is 24.4 Å². The smallest absolute Gasteiger partial charge is 0.270 e. The fourth-order valence-electron chi connectivity index (χ4n) is 1.94. The summed E-state index contributed by atoms with van der Waals surface area (Å²) in [5.74, 6) is 1.03. The molecule has 7 heteroatoms. The molecule has 1 N–H and O–H groups in total. The predicted molar refractivity (Wildman–Crippen MR) is 89.0 cm³/mol. The largest absolute Gasteiger partial charge is 0.493 e. The summed E-state index contributed by atoms with van der Waals surface area (Å²) in [6.45, 7) is 3.94. The maximum atomic E-state index is 12.0. The van der Waals surface area contributed by atoms with Crippen LogP contribution >= 0.6 is 11.8 Å². The molecule has 1 aromatic heterocycles. The summed E-state index contributed by atoms with van der Waals surface area (Å²) in [6.07, 6.45) is 3.42. The summed E-state index contributed by atoms with van der Waals surface area (Å²) in [5, 5.41) is 9.68. The Labute approximate surface area is 137 Å². The lowest BCUT2D eigenvalue weighted by Crippen LogP contribution is -2.14. The van der Waals surface area contributed by atoms with Gasteiger partial charge in [0.25, 0.3) is 5.56 Å². The highest BCUT2D eigenvalue weighted by Crippen LogP contribution is 2.32. The molecule has 0 bridgehead atoms. The van der Waals surface area contributed by atoms with Crippen LogP contribution in [0.25, 0.3) is 11.3 Å². The molecular weight excluding hydrogens is 314 g/mol. The Morgan fingerprint density at radius 3 is 2.87 bits per heavy atom. The van der Waals surface area contributed by atoms with Gasteiger partial charge in [0, 0.05) is 5.56 Å². The van der Waals surface area contributed by atoms with Crippen LogP contribution in [-0.2, 0) is 0 Å². The van der Waals surface area contributed by atoms with E-state index in [2.05, 4.69) is 16.5 Å². The van der Waals surface area contributed by atoms with Gasteiger partial charge in [-0.05, 0) is 24.5 Å². The minimum absolute atomic E-state index is 0.0374. The minimum atomic E-state index is -0.465. The summed E-state index contributed by atoms with van der Waals surface area (Å²) in [5.41, 5.74) is 0.414. The first-order valence-corrected chi connectivity index (χ1v) is 7.87. The van der Waals surface area contributed by atoms with Crippen molar-refractivity contribution in [2.24, 2.45) is 0 Å². The average molecular weight is 329 g/mol. The first kappa shape index (κ1) is 16.6. The molecule has 0 amide bonds. The lowest BCUT2D eigenvalue weighted by Gasteiger charge is -2.11. The molecule has 0 aliphatic heterocycles. The van der Waals surface area contributed by atoms with E-state index in [0.29, 0.717) is 34.5 Å². The van der Waals surface area contributed by atoms with E-state index in [0.717, 1.165) is 0 Å². The van der Waals surface area contributed by atoms with E-state index in [1.54, 1.807) is 30.5 Å². The first-order valence-electron chi connectivity index (χ1n) is 6.65. The second-order valence-corrected chi connectivity index (χ2v) is 5.17. The normalized spacial score (nSPS) is 9.96. The van der Waals surface area contributed by atoms with Crippen molar-refractivity contribution in [3.63, 3.8) is 0 Å². The number of benzene rings is 1. The van der Waals surface area contributed by atoms with E-state index in [-0.39, 0.29) is 5.56 Å². The van der Waals surface area contributed by atoms with Gasteiger partial charge in [-0.25, -0.2) is 4.98 Å². The van der Waals surface area contributed by atoms with Crippen LogP contribution in [0.3, 0.4) is 0 Å². The quantitative estimate of drug-likeness (QED) is 0.498. The first-order chi connectivity index (χ1) is 11.1. The number of nitrogens with one attached hydrogen (secondary N) is 1. The zero-order valence-corrected chi connectivity index (χ0v) is 13.6. The van der Waals surface area contributed by atoms with Crippen LogP contribution in [0.5, 0.6) is 11.5 Å². The minimum Gasteiger partial charge on any atom is -0.493 e. The van der Waals surface area contributed by atoms with Crippen LogP contribution in [0.1, 0.15) is 5.56 Å². The topological polar surface area (TPSA) is 88.0 Å². The molecule has 0 spiro atoms. The number of aromatic nitrogens is 2. The molecule has 2 rings (SSSR count). The molecule has 0 saturated heterocycles. The van der Waals surface area contributed by atoms with E-state index in [4.69, 9.17) is 9.47 Å². The van der Waals surface area contributed by atoms with Gasteiger partial charge >= 0.3 is 0 Å². The number of nitrogens with zero attached hydrogens (tertiary/aromatic N) is 2. The van der Waals surface area contributed by atoms with Crippen LogP contribution in [-0.4, -0.2) is 29.9 Å². The van der Waals surface area contributed by atoms with Gasteiger partial charge in [-0.15, -0.1) is 0 Å². The van der Waals surface area contributed by atoms with Crippen molar-refractivity contribution >= 4 is 11.8 Å². The zero-order valence-electron chi connectivity index (χ0n) is 12.8.